The number of benzene rings is 1. The molecule has 2 rings (SSSR count). The van der Waals surface area contributed by atoms with Crippen molar-refractivity contribution < 1.29 is 4.79 Å². The molecule has 1 saturated heterocycles. The molecule has 1 heterocycles. The second-order valence-electron chi connectivity index (χ2n) is 5.18. The molecule has 0 aliphatic carbocycles. The number of hydrogen-bond acceptors (Lipinski definition) is 3. The van der Waals surface area contributed by atoms with Crippen molar-refractivity contribution in [3.8, 4) is 0 Å². The SMILES string of the molecule is CCN1CCCC(NCc2cccc(C(N)=O)c2)C1. The molecule has 19 heavy (non-hydrogen) atoms. The van der Waals surface area contributed by atoms with E-state index >= 15 is 0 Å². The summed E-state index contributed by atoms with van der Waals surface area (Å²) in [6.45, 7) is 6.45. The molecule has 1 unspecified atom stereocenters. The molecule has 104 valence electrons. The molecule has 1 fully saturated rings. The van der Waals surface area contributed by atoms with Gasteiger partial charge in [0.05, 0.1) is 0 Å². The first kappa shape index (κ1) is 14.0. The van der Waals surface area contributed by atoms with Crippen LogP contribution in [0.3, 0.4) is 0 Å². The van der Waals surface area contributed by atoms with Gasteiger partial charge in [-0.15, -0.1) is 0 Å². The predicted molar refractivity (Wildman–Crippen MR) is 76.9 cm³/mol. The van der Waals surface area contributed by atoms with E-state index in [9.17, 15) is 4.79 Å². The summed E-state index contributed by atoms with van der Waals surface area (Å²) < 4.78 is 0. The van der Waals surface area contributed by atoms with Gasteiger partial charge in [0.25, 0.3) is 0 Å². The molecule has 1 aliphatic heterocycles. The fourth-order valence-electron chi connectivity index (χ4n) is 2.61. The molecule has 0 radical (unpaired) electrons. The number of amides is 1. The number of primary amides is 1. The summed E-state index contributed by atoms with van der Waals surface area (Å²) in [7, 11) is 0. The van der Waals surface area contributed by atoms with Crippen LogP contribution in [-0.2, 0) is 6.54 Å². The highest BCUT2D eigenvalue weighted by Crippen LogP contribution is 2.11. The molecule has 4 nitrogen and oxygen atoms in total. The van der Waals surface area contributed by atoms with Crippen LogP contribution in [0.4, 0.5) is 0 Å². The lowest BCUT2D eigenvalue weighted by Crippen LogP contribution is -2.45. The van der Waals surface area contributed by atoms with E-state index in [1.54, 1.807) is 6.07 Å². The van der Waals surface area contributed by atoms with Crippen LogP contribution in [0, 0.1) is 0 Å². The van der Waals surface area contributed by atoms with Crippen LogP contribution in [0.2, 0.25) is 0 Å². The van der Waals surface area contributed by atoms with Crippen molar-refractivity contribution in [2.75, 3.05) is 19.6 Å². The number of nitrogens with zero attached hydrogens (tertiary/aromatic N) is 1. The molecule has 1 atom stereocenters. The lowest BCUT2D eigenvalue weighted by molar-refractivity contribution is 0.1000. The van der Waals surface area contributed by atoms with Crippen LogP contribution in [-0.4, -0.2) is 36.5 Å². The van der Waals surface area contributed by atoms with Crippen LogP contribution in [0.25, 0.3) is 0 Å². The number of likely N-dealkylation sites (N-methyl/N-ethyl adjacent to an activating group) is 1. The van der Waals surface area contributed by atoms with Crippen molar-refractivity contribution in [2.24, 2.45) is 5.73 Å². The maximum Gasteiger partial charge on any atom is 0.248 e. The van der Waals surface area contributed by atoms with Gasteiger partial charge in [-0.3, -0.25) is 4.79 Å². The summed E-state index contributed by atoms with van der Waals surface area (Å²) >= 11 is 0. The zero-order valence-corrected chi connectivity index (χ0v) is 11.6. The Morgan fingerprint density at radius 3 is 3.11 bits per heavy atom. The Morgan fingerprint density at radius 2 is 2.37 bits per heavy atom. The van der Waals surface area contributed by atoms with E-state index in [1.807, 2.05) is 18.2 Å². The quantitative estimate of drug-likeness (QED) is 0.841. The number of hydrogen-bond donors (Lipinski definition) is 2. The van der Waals surface area contributed by atoms with Crippen molar-refractivity contribution in [1.29, 1.82) is 0 Å². The Labute approximate surface area is 115 Å². The summed E-state index contributed by atoms with van der Waals surface area (Å²) in [5, 5.41) is 3.57. The lowest BCUT2D eigenvalue weighted by atomic mass is 10.0. The maximum atomic E-state index is 11.1. The average Bonchev–Trinajstić information content (AvgIpc) is 2.45. The van der Waals surface area contributed by atoms with Crippen molar-refractivity contribution in [1.82, 2.24) is 10.2 Å². The summed E-state index contributed by atoms with van der Waals surface area (Å²) in [5.41, 5.74) is 6.99. The molecule has 0 spiro atoms. The molecule has 1 amide bonds. The standard InChI is InChI=1S/C15H23N3O/c1-2-18-8-4-7-14(11-18)17-10-12-5-3-6-13(9-12)15(16)19/h3,5-6,9,14,17H,2,4,7-8,10-11H2,1H3,(H2,16,19). The average molecular weight is 261 g/mol. The van der Waals surface area contributed by atoms with E-state index in [-0.39, 0.29) is 5.91 Å². The highest BCUT2D eigenvalue weighted by Gasteiger charge is 2.17. The number of likely N-dealkylation sites (tertiary alicyclic amines) is 1. The van der Waals surface area contributed by atoms with E-state index in [1.165, 1.54) is 19.4 Å². The largest absolute Gasteiger partial charge is 0.366 e. The Hall–Kier alpha value is -1.39. The fourth-order valence-corrected chi connectivity index (χ4v) is 2.61. The molecule has 1 aromatic carbocycles. The van der Waals surface area contributed by atoms with Gasteiger partial charge in [0.1, 0.15) is 0 Å². The van der Waals surface area contributed by atoms with Gasteiger partial charge in [0.15, 0.2) is 0 Å². The highest BCUT2D eigenvalue weighted by molar-refractivity contribution is 5.92. The topological polar surface area (TPSA) is 58.4 Å². The molecule has 1 aliphatic rings. The first-order chi connectivity index (χ1) is 9.19. The van der Waals surface area contributed by atoms with E-state index in [4.69, 9.17) is 5.73 Å². The van der Waals surface area contributed by atoms with Crippen molar-refractivity contribution in [2.45, 2.75) is 32.4 Å². The summed E-state index contributed by atoms with van der Waals surface area (Å²) in [5.74, 6) is -0.364. The molecule has 0 saturated carbocycles. The van der Waals surface area contributed by atoms with Gasteiger partial charge < -0.3 is 16.0 Å². The first-order valence-electron chi connectivity index (χ1n) is 7.03. The minimum absolute atomic E-state index is 0.364. The number of nitrogens with one attached hydrogen (secondary N) is 1. The molecule has 3 N–H and O–H groups in total. The molecular formula is C15H23N3O. The maximum absolute atomic E-state index is 11.1. The van der Waals surface area contributed by atoms with Crippen LogP contribution < -0.4 is 11.1 Å². The normalized spacial score (nSPS) is 20.4. The lowest BCUT2D eigenvalue weighted by Gasteiger charge is -2.32. The monoisotopic (exact) mass is 261 g/mol. The Balaban J connectivity index is 1.88. The zero-order valence-electron chi connectivity index (χ0n) is 11.6. The van der Waals surface area contributed by atoms with Crippen LogP contribution in [0.5, 0.6) is 0 Å². The number of nitrogens with two attached hydrogens (primary N) is 1. The third-order valence-electron chi connectivity index (χ3n) is 3.76. The summed E-state index contributed by atoms with van der Waals surface area (Å²) in [6.07, 6.45) is 2.48. The van der Waals surface area contributed by atoms with Gasteiger partial charge in [-0.25, -0.2) is 0 Å². The number of carbonyl (C=O) groups is 1. The van der Waals surface area contributed by atoms with Gasteiger partial charge in [0, 0.05) is 24.7 Å². The summed E-state index contributed by atoms with van der Waals surface area (Å²) in [6, 6.07) is 8.09. The zero-order chi connectivity index (χ0) is 13.7. The van der Waals surface area contributed by atoms with Crippen molar-refractivity contribution in [3.63, 3.8) is 0 Å². The molecule has 0 aromatic heterocycles. The third kappa shape index (κ3) is 4.04. The van der Waals surface area contributed by atoms with Crippen LogP contribution in [0.1, 0.15) is 35.7 Å². The van der Waals surface area contributed by atoms with Crippen molar-refractivity contribution in [3.05, 3.63) is 35.4 Å². The van der Waals surface area contributed by atoms with Gasteiger partial charge in [-0.1, -0.05) is 19.1 Å². The Bertz CT molecular complexity index is 433. The molecule has 0 bridgehead atoms. The first-order valence-corrected chi connectivity index (χ1v) is 7.03. The van der Waals surface area contributed by atoms with Gasteiger partial charge in [-0.2, -0.15) is 0 Å². The number of piperidine rings is 1. The van der Waals surface area contributed by atoms with Crippen molar-refractivity contribution >= 4 is 5.91 Å². The molecule has 4 heteroatoms. The van der Waals surface area contributed by atoms with Crippen LogP contribution >= 0.6 is 0 Å². The van der Waals surface area contributed by atoms with E-state index in [2.05, 4.69) is 17.1 Å². The van der Waals surface area contributed by atoms with Crippen LogP contribution in [0.15, 0.2) is 24.3 Å². The molecule has 1 aromatic rings. The van der Waals surface area contributed by atoms with Gasteiger partial charge in [-0.05, 0) is 43.6 Å². The smallest absolute Gasteiger partial charge is 0.248 e. The Kier molecular flexibility index (Phi) is 4.93. The number of rotatable bonds is 5. The second-order valence-corrected chi connectivity index (χ2v) is 5.18. The Morgan fingerprint density at radius 1 is 1.53 bits per heavy atom. The number of carbonyl (C=O) groups excluding carboxylic acids is 1. The van der Waals surface area contributed by atoms with E-state index < -0.39 is 0 Å². The third-order valence-corrected chi connectivity index (χ3v) is 3.76. The van der Waals surface area contributed by atoms with E-state index in [0.29, 0.717) is 11.6 Å². The van der Waals surface area contributed by atoms with E-state index in [0.717, 1.165) is 25.2 Å². The fraction of sp³-hybridized carbons (Fsp3) is 0.533. The van der Waals surface area contributed by atoms with Gasteiger partial charge in [0.2, 0.25) is 5.91 Å². The minimum atomic E-state index is -0.364. The highest BCUT2D eigenvalue weighted by atomic mass is 16.1. The predicted octanol–water partition coefficient (Wildman–Crippen LogP) is 1.36. The summed E-state index contributed by atoms with van der Waals surface area (Å²) in [4.78, 5) is 13.6. The second kappa shape index (κ2) is 6.68. The van der Waals surface area contributed by atoms with Gasteiger partial charge >= 0.3 is 0 Å². The molecular weight excluding hydrogens is 238 g/mol. The minimum Gasteiger partial charge on any atom is -0.366 e.